The Morgan fingerprint density at radius 2 is 1.77 bits per heavy atom. The first-order chi connectivity index (χ1) is 23.1. The summed E-state index contributed by atoms with van der Waals surface area (Å²) in [6.07, 6.45) is -3.51. The van der Waals surface area contributed by atoms with Crippen LogP contribution in [-0.4, -0.2) is 30.4 Å². The van der Waals surface area contributed by atoms with Gasteiger partial charge in [-0.1, -0.05) is 72.0 Å². The van der Waals surface area contributed by atoms with Crippen molar-refractivity contribution in [2.24, 2.45) is 4.99 Å². The predicted octanol–water partition coefficient (Wildman–Crippen LogP) is 5.95. The number of benzene rings is 4. The van der Waals surface area contributed by atoms with Gasteiger partial charge in [-0.2, -0.15) is 18.4 Å². The van der Waals surface area contributed by atoms with E-state index < -0.39 is 35.0 Å². The molecule has 5 aromatic rings. The van der Waals surface area contributed by atoms with Gasteiger partial charge in [0.2, 0.25) is 0 Å². The molecule has 0 bridgehead atoms. The van der Waals surface area contributed by atoms with E-state index in [-0.39, 0.29) is 33.9 Å². The molecule has 1 aliphatic rings. The summed E-state index contributed by atoms with van der Waals surface area (Å²) in [4.78, 5) is 31.1. The van der Waals surface area contributed by atoms with Gasteiger partial charge in [-0.3, -0.25) is 9.36 Å². The monoisotopic (exact) mass is 669 g/mol. The van der Waals surface area contributed by atoms with E-state index in [1.807, 2.05) is 6.07 Å². The van der Waals surface area contributed by atoms with E-state index in [0.29, 0.717) is 27.6 Å². The van der Waals surface area contributed by atoms with E-state index in [2.05, 4.69) is 11.1 Å². The van der Waals surface area contributed by atoms with Crippen molar-refractivity contribution in [2.45, 2.75) is 25.7 Å². The minimum atomic E-state index is -5.04. The molecule has 0 saturated heterocycles. The molecule has 0 radical (unpaired) electrons. The van der Waals surface area contributed by atoms with Crippen LogP contribution in [-0.2, 0) is 16.1 Å². The number of carbonyl (C=O) groups is 1. The summed E-state index contributed by atoms with van der Waals surface area (Å²) in [5.41, 5.74) is -0.889. The Labute approximate surface area is 275 Å². The Kier molecular flexibility index (Phi) is 8.88. The lowest BCUT2D eigenvalue weighted by molar-refractivity contribution is -0.140. The molecular weight excluding hydrogens is 643 g/mol. The molecule has 242 valence electrons. The zero-order valence-electron chi connectivity index (χ0n) is 25.6. The second-order valence-corrected chi connectivity index (χ2v) is 11.6. The number of rotatable bonds is 8. The fraction of sp³-hybridized carbons (Fsp3) is 0.167. The Hall–Kier alpha value is -5.67. The first-order valence-corrected chi connectivity index (χ1v) is 15.5. The van der Waals surface area contributed by atoms with Gasteiger partial charge in [-0.15, -0.1) is 0 Å². The molecular formula is C36H26F3N3O5S. The van der Waals surface area contributed by atoms with Crippen molar-refractivity contribution >= 4 is 34.2 Å². The highest BCUT2D eigenvalue weighted by Crippen LogP contribution is 2.43. The standard InChI is InChI=1S/C36H26F3N3O5S/c1-3-46-34(44)30-31(29-26-11-7-6-8-22(26)14-17-27(29)45-2)42-33(43)28(48-35(42)41-32(30)36(37,38)39)18-21-12-15-25(16-13-21)47-20-24-10-5-4-9-23(24)19-40/h4-18,31H,3,20H2,1-2H3/b28-18+/t31-/m0/s1. The van der Waals surface area contributed by atoms with E-state index in [9.17, 15) is 28.0 Å². The van der Waals surface area contributed by atoms with Crippen molar-refractivity contribution in [3.05, 3.63) is 138 Å². The summed E-state index contributed by atoms with van der Waals surface area (Å²) in [5.74, 6) is -0.541. The maximum Gasteiger partial charge on any atom is 0.434 e. The molecule has 0 saturated carbocycles. The maximum absolute atomic E-state index is 14.7. The average Bonchev–Trinajstić information content (AvgIpc) is 3.40. The van der Waals surface area contributed by atoms with E-state index in [1.54, 1.807) is 78.9 Å². The number of esters is 1. The number of ether oxygens (including phenoxy) is 3. The van der Waals surface area contributed by atoms with E-state index >= 15 is 0 Å². The second kappa shape index (κ2) is 13.2. The number of allylic oxidation sites excluding steroid dienone is 1. The lowest BCUT2D eigenvalue weighted by Crippen LogP contribution is -2.41. The first kappa shape index (κ1) is 32.3. The number of thiazole rings is 1. The zero-order valence-corrected chi connectivity index (χ0v) is 26.4. The zero-order chi connectivity index (χ0) is 34.0. The molecule has 0 N–H and O–H groups in total. The summed E-state index contributed by atoms with van der Waals surface area (Å²) in [5, 5.41) is 10.5. The molecule has 0 amide bonds. The molecule has 0 aliphatic carbocycles. The van der Waals surface area contributed by atoms with Crippen LogP contribution in [0.4, 0.5) is 13.2 Å². The molecule has 12 heteroatoms. The number of methoxy groups -OCH3 is 1. The molecule has 0 spiro atoms. The molecule has 6 rings (SSSR count). The van der Waals surface area contributed by atoms with Gasteiger partial charge in [0.05, 0.1) is 35.5 Å². The van der Waals surface area contributed by atoms with E-state index in [4.69, 9.17) is 14.2 Å². The van der Waals surface area contributed by atoms with Gasteiger partial charge in [-0.05, 0) is 53.6 Å². The number of halogens is 3. The minimum Gasteiger partial charge on any atom is -0.496 e. The van der Waals surface area contributed by atoms with Gasteiger partial charge >= 0.3 is 12.1 Å². The van der Waals surface area contributed by atoms with Crippen LogP contribution >= 0.6 is 11.3 Å². The van der Waals surface area contributed by atoms with Crippen molar-refractivity contribution in [1.82, 2.24) is 4.57 Å². The topological polar surface area (TPSA) is 103 Å². The number of hydrogen-bond acceptors (Lipinski definition) is 8. The molecule has 4 aromatic carbocycles. The van der Waals surface area contributed by atoms with Crippen LogP contribution in [0.2, 0.25) is 0 Å². The van der Waals surface area contributed by atoms with Gasteiger partial charge in [-0.25, -0.2) is 9.79 Å². The molecule has 8 nitrogen and oxygen atoms in total. The Morgan fingerprint density at radius 3 is 2.48 bits per heavy atom. The highest BCUT2D eigenvalue weighted by molar-refractivity contribution is 7.07. The SMILES string of the molecule is CCOC(=O)C1=C(C(F)(F)F)N=c2s/c(=C/c3ccc(OCc4ccccc4C#N)cc3)c(=O)n2[C@H]1c1c(OC)ccc2ccccc12. The smallest absolute Gasteiger partial charge is 0.434 e. The van der Waals surface area contributed by atoms with Crippen molar-refractivity contribution in [1.29, 1.82) is 5.26 Å². The van der Waals surface area contributed by atoms with Gasteiger partial charge in [0.25, 0.3) is 5.56 Å². The fourth-order valence-corrected chi connectivity index (χ4v) is 6.58. The van der Waals surface area contributed by atoms with Crippen LogP contribution in [0.1, 0.15) is 35.2 Å². The van der Waals surface area contributed by atoms with Gasteiger partial charge < -0.3 is 14.2 Å². The molecule has 1 atom stereocenters. The second-order valence-electron chi connectivity index (χ2n) is 10.6. The number of fused-ring (bicyclic) bond motifs is 2. The first-order valence-electron chi connectivity index (χ1n) is 14.7. The summed E-state index contributed by atoms with van der Waals surface area (Å²) < 4.78 is 61.8. The van der Waals surface area contributed by atoms with Crippen LogP contribution in [0, 0.1) is 11.3 Å². The van der Waals surface area contributed by atoms with Crippen molar-refractivity contribution in [2.75, 3.05) is 13.7 Å². The lowest BCUT2D eigenvalue weighted by atomic mass is 9.90. The summed E-state index contributed by atoms with van der Waals surface area (Å²) in [6, 6.07) is 24.7. The lowest BCUT2D eigenvalue weighted by Gasteiger charge is -2.28. The van der Waals surface area contributed by atoms with Crippen LogP contribution in [0.3, 0.4) is 0 Å². The highest BCUT2D eigenvalue weighted by atomic mass is 32.1. The van der Waals surface area contributed by atoms with Crippen LogP contribution in [0.15, 0.2) is 106 Å². The van der Waals surface area contributed by atoms with Gasteiger partial charge in [0, 0.05) is 11.1 Å². The minimum absolute atomic E-state index is 0.0983. The van der Waals surface area contributed by atoms with Crippen molar-refractivity contribution in [3.63, 3.8) is 0 Å². The number of nitriles is 1. The summed E-state index contributed by atoms with van der Waals surface area (Å²) in [6.45, 7) is 1.46. The quantitative estimate of drug-likeness (QED) is 0.189. The Balaban J connectivity index is 1.50. The summed E-state index contributed by atoms with van der Waals surface area (Å²) in [7, 11) is 1.37. The van der Waals surface area contributed by atoms with E-state index in [0.717, 1.165) is 21.5 Å². The summed E-state index contributed by atoms with van der Waals surface area (Å²) >= 11 is 0.776. The number of carbonyl (C=O) groups excluding carboxylic acids is 1. The van der Waals surface area contributed by atoms with Crippen LogP contribution in [0.25, 0.3) is 16.8 Å². The van der Waals surface area contributed by atoms with E-state index in [1.165, 1.54) is 20.1 Å². The fourth-order valence-electron chi connectivity index (χ4n) is 5.58. The van der Waals surface area contributed by atoms with Crippen LogP contribution in [0.5, 0.6) is 11.5 Å². The molecule has 48 heavy (non-hydrogen) atoms. The number of hydrogen-bond donors (Lipinski definition) is 0. The number of alkyl halides is 3. The van der Waals surface area contributed by atoms with Crippen molar-refractivity contribution < 1.29 is 32.2 Å². The van der Waals surface area contributed by atoms with Gasteiger partial charge in [0.1, 0.15) is 24.1 Å². The van der Waals surface area contributed by atoms with Gasteiger partial charge in [0.15, 0.2) is 10.5 Å². The number of nitrogens with zero attached hydrogens (tertiary/aromatic N) is 3. The molecule has 0 fully saturated rings. The number of aromatic nitrogens is 1. The highest BCUT2D eigenvalue weighted by Gasteiger charge is 2.46. The molecule has 2 heterocycles. The average molecular weight is 670 g/mol. The Morgan fingerprint density at radius 1 is 1.04 bits per heavy atom. The van der Waals surface area contributed by atoms with Crippen LogP contribution < -0.4 is 24.4 Å². The molecule has 1 aliphatic heterocycles. The molecule has 0 unspecified atom stereocenters. The largest absolute Gasteiger partial charge is 0.496 e. The Bertz CT molecular complexity index is 2300. The molecule has 1 aromatic heterocycles. The third kappa shape index (κ3) is 6.08. The van der Waals surface area contributed by atoms with Crippen molar-refractivity contribution in [3.8, 4) is 17.6 Å². The maximum atomic E-state index is 14.7. The predicted molar refractivity (Wildman–Crippen MR) is 173 cm³/mol. The third-order valence-corrected chi connectivity index (χ3v) is 8.71. The third-order valence-electron chi connectivity index (χ3n) is 7.73. The normalized spacial score (nSPS) is 14.7.